The van der Waals surface area contributed by atoms with Crippen LogP contribution in [0.1, 0.15) is 96.5 Å². The van der Waals surface area contributed by atoms with Gasteiger partial charge >= 0.3 is 0 Å². The number of aliphatic hydroxyl groups excluding tert-OH is 2. The minimum absolute atomic E-state index is 0.0675. The number of nitrogens with zero attached hydrogens (tertiary/aromatic N) is 6. The Morgan fingerprint density at radius 2 is 1.41 bits per heavy atom. The van der Waals surface area contributed by atoms with Crippen LogP contribution < -0.4 is 11.1 Å². The Kier molecular flexibility index (Phi) is 8.14. The molecule has 1 aromatic carbocycles. The fourth-order valence-corrected chi connectivity index (χ4v) is 7.97. The number of aromatic nitrogens is 5. The van der Waals surface area contributed by atoms with Gasteiger partial charge in [-0.25, -0.2) is 14.4 Å². The van der Waals surface area contributed by atoms with E-state index >= 15 is 0 Å². The van der Waals surface area contributed by atoms with Crippen LogP contribution >= 0.6 is 0 Å². The largest absolute Gasteiger partial charge is 0.385 e. The molecule has 0 aliphatic carbocycles. The minimum atomic E-state index is -0.718. The Bertz CT molecular complexity index is 1820. The van der Waals surface area contributed by atoms with E-state index in [1.807, 2.05) is 13.8 Å². The third kappa shape index (κ3) is 5.50. The highest BCUT2D eigenvalue weighted by Gasteiger charge is 2.37. The molecule has 7 rings (SSSR count). The van der Waals surface area contributed by atoms with Gasteiger partial charge in [-0.3, -0.25) is 18.7 Å². The predicted molar refractivity (Wildman–Crippen MR) is 168 cm³/mol. The summed E-state index contributed by atoms with van der Waals surface area (Å²) in [6.45, 7) is 7.86. The first-order valence-electron chi connectivity index (χ1n) is 16.6. The summed E-state index contributed by atoms with van der Waals surface area (Å²) < 4.78 is 23.3. The molecular weight excluding hydrogens is 591 g/mol. The normalized spacial score (nSPS) is 24.6. The maximum absolute atomic E-state index is 13.8. The number of aryl methyl sites for hydroxylation is 2. The molecule has 3 aliphatic rings. The number of benzene rings is 1. The first-order chi connectivity index (χ1) is 22.1. The number of fused-ring (bicyclic) bond motifs is 3. The van der Waals surface area contributed by atoms with Crippen molar-refractivity contribution in [1.82, 2.24) is 24.3 Å². The summed E-state index contributed by atoms with van der Waals surface area (Å²) in [7, 11) is 0. The monoisotopic (exact) mass is 633 g/mol. The number of halogens is 1. The Morgan fingerprint density at radius 3 is 1.96 bits per heavy atom. The standard InChI is InChI=1S/C34H42FN6O5/c1-20-24(33(44)39-13-3-5-27(42)31(39)36-20)11-17-41(18-12-25-21(2)37-32-28(43)6-4-14-40(32)34(25)45)15-9-22(10-16-41)30-26-8-7-23(35)19-29(26)46-38-30/h7-8,19,22,27-28,42-43H,3-6,9-18H2,1-2H3/q+1. The molecular formula is C34H42FN6O5+. The van der Waals surface area contributed by atoms with Crippen LogP contribution in [-0.4, -0.2) is 65.1 Å². The van der Waals surface area contributed by atoms with Crippen molar-refractivity contribution in [2.24, 2.45) is 0 Å². The van der Waals surface area contributed by atoms with Gasteiger partial charge < -0.3 is 19.2 Å². The first-order valence-corrected chi connectivity index (χ1v) is 16.6. The van der Waals surface area contributed by atoms with Crippen LogP contribution in [0.5, 0.6) is 0 Å². The molecule has 3 aromatic heterocycles. The molecule has 0 radical (unpaired) electrons. The number of rotatable bonds is 7. The van der Waals surface area contributed by atoms with E-state index in [1.54, 1.807) is 15.2 Å². The lowest BCUT2D eigenvalue weighted by Crippen LogP contribution is -2.55. The molecule has 11 nitrogen and oxygen atoms in total. The number of likely N-dealkylation sites (tertiary alicyclic amines) is 1. The van der Waals surface area contributed by atoms with Crippen molar-refractivity contribution < 1.29 is 23.6 Å². The molecule has 244 valence electrons. The SMILES string of the molecule is Cc1nc2n(c(=O)c1CC[N+]1(CCc3c(C)nc4n(c3=O)CCCC4O)CCC(c3noc4cc(F)ccc34)CC1)CCCC2O. The van der Waals surface area contributed by atoms with E-state index in [0.29, 0.717) is 96.1 Å². The molecule has 0 amide bonds. The van der Waals surface area contributed by atoms with Gasteiger partial charge in [-0.1, -0.05) is 5.16 Å². The van der Waals surface area contributed by atoms with Crippen molar-refractivity contribution in [1.29, 1.82) is 0 Å². The minimum Gasteiger partial charge on any atom is -0.385 e. The molecule has 0 saturated carbocycles. The summed E-state index contributed by atoms with van der Waals surface area (Å²) in [6.07, 6.45) is 4.00. The van der Waals surface area contributed by atoms with Crippen molar-refractivity contribution in [2.45, 2.75) is 96.4 Å². The van der Waals surface area contributed by atoms with Gasteiger partial charge in [0.15, 0.2) is 5.58 Å². The number of hydrogen-bond acceptors (Lipinski definition) is 8. The lowest BCUT2D eigenvalue weighted by Gasteiger charge is -2.44. The number of quaternary nitrogens is 1. The molecule has 3 aliphatic heterocycles. The number of aliphatic hydroxyl groups is 2. The van der Waals surface area contributed by atoms with Crippen molar-refractivity contribution in [3.8, 4) is 0 Å². The molecule has 4 aromatic rings. The molecule has 1 saturated heterocycles. The van der Waals surface area contributed by atoms with Gasteiger partial charge in [-0.15, -0.1) is 0 Å². The van der Waals surface area contributed by atoms with Crippen molar-refractivity contribution in [3.63, 3.8) is 0 Å². The Morgan fingerprint density at radius 1 is 0.870 bits per heavy atom. The third-order valence-corrected chi connectivity index (χ3v) is 10.7. The highest BCUT2D eigenvalue weighted by Crippen LogP contribution is 2.36. The van der Waals surface area contributed by atoms with Crippen LogP contribution in [-0.2, 0) is 25.9 Å². The van der Waals surface area contributed by atoms with Gasteiger partial charge in [0.2, 0.25) is 0 Å². The van der Waals surface area contributed by atoms with E-state index in [1.165, 1.54) is 12.1 Å². The van der Waals surface area contributed by atoms with Crippen LogP contribution in [0.2, 0.25) is 0 Å². The van der Waals surface area contributed by atoms with E-state index in [0.717, 1.165) is 49.9 Å². The highest BCUT2D eigenvalue weighted by molar-refractivity contribution is 5.79. The lowest BCUT2D eigenvalue weighted by atomic mass is 9.89. The molecule has 0 spiro atoms. The number of piperidine rings is 1. The summed E-state index contributed by atoms with van der Waals surface area (Å²) in [6, 6.07) is 4.54. The van der Waals surface area contributed by atoms with Crippen LogP contribution in [0.25, 0.3) is 11.0 Å². The molecule has 6 heterocycles. The third-order valence-electron chi connectivity index (χ3n) is 10.7. The summed E-state index contributed by atoms with van der Waals surface area (Å²) in [5, 5.41) is 26.1. The van der Waals surface area contributed by atoms with Gasteiger partial charge in [0.1, 0.15) is 29.7 Å². The van der Waals surface area contributed by atoms with Crippen molar-refractivity contribution in [3.05, 3.63) is 84.6 Å². The molecule has 1 fully saturated rings. The zero-order valence-corrected chi connectivity index (χ0v) is 26.5. The van der Waals surface area contributed by atoms with Gasteiger partial charge in [-0.2, -0.15) is 0 Å². The van der Waals surface area contributed by atoms with E-state index < -0.39 is 12.2 Å². The quantitative estimate of drug-likeness (QED) is 0.295. The molecule has 0 bridgehead atoms. The van der Waals surface area contributed by atoms with Gasteiger partial charge in [0.05, 0.1) is 31.9 Å². The molecule has 2 N–H and O–H groups in total. The second-order valence-corrected chi connectivity index (χ2v) is 13.5. The van der Waals surface area contributed by atoms with Gasteiger partial charge in [0, 0.05) is 78.7 Å². The van der Waals surface area contributed by atoms with E-state index in [2.05, 4.69) is 15.1 Å². The number of hydrogen-bond donors (Lipinski definition) is 2. The zero-order chi connectivity index (χ0) is 32.2. The van der Waals surface area contributed by atoms with Gasteiger partial charge in [0.25, 0.3) is 11.1 Å². The van der Waals surface area contributed by atoms with Crippen LogP contribution in [0.4, 0.5) is 4.39 Å². The maximum Gasteiger partial charge on any atom is 0.257 e. The van der Waals surface area contributed by atoms with Crippen LogP contribution in [0.15, 0.2) is 32.3 Å². The van der Waals surface area contributed by atoms with Crippen molar-refractivity contribution >= 4 is 11.0 Å². The summed E-state index contributed by atoms with van der Waals surface area (Å²) >= 11 is 0. The second kappa shape index (κ2) is 12.1. The second-order valence-electron chi connectivity index (χ2n) is 13.5. The highest BCUT2D eigenvalue weighted by atomic mass is 19.1. The first kappa shape index (κ1) is 30.9. The van der Waals surface area contributed by atoms with E-state index in [9.17, 15) is 24.2 Å². The van der Waals surface area contributed by atoms with Crippen molar-refractivity contribution in [2.75, 3.05) is 26.2 Å². The van der Waals surface area contributed by atoms with E-state index in [4.69, 9.17) is 4.52 Å². The smallest absolute Gasteiger partial charge is 0.257 e. The zero-order valence-electron chi connectivity index (χ0n) is 26.5. The lowest BCUT2D eigenvalue weighted by molar-refractivity contribution is -0.932. The van der Waals surface area contributed by atoms with Crippen LogP contribution in [0.3, 0.4) is 0 Å². The summed E-state index contributed by atoms with van der Waals surface area (Å²) in [5.41, 5.74) is 3.86. The van der Waals surface area contributed by atoms with E-state index in [-0.39, 0.29) is 22.9 Å². The summed E-state index contributed by atoms with van der Waals surface area (Å²) in [5.74, 6) is 0.714. The average molecular weight is 634 g/mol. The fraction of sp³-hybridized carbons (Fsp3) is 0.559. The average Bonchev–Trinajstić information content (AvgIpc) is 3.45. The summed E-state index contributed by atoms with van der Waals surface area (Å²) in [4.78, 5) is 36.6. The Labute approximate surface area is 265 Å². The Hall–Kier alpha value is -3.74. The predicted octanol–water partition coefficient (Wildman–Crippen LogP) is 3.53. The topological polar surface area (TPSA) is 136 Å². The fourth-order valence-electron chi connectivity index (χ4n) is 7.97. The molecule has 2 unspecified atom stereocenters. The maximum atomic E-state index is 13.8. The van der Waals surface area contributed by atoms with Crippen LogP contribution in [0, 0.1) is 19.7 Å². The molecule has 2 atom stereocenters. The molecule has 12 heteroatoms. The van der Waals surface area contributed by atoms with Gasteiger partial charge in [-0.05, 0) is 51.7 Å². The molecule has 46 heavy (non-hydrogen) atoms. The Balaban J connectivity index is 1.17.